The van der Waals surface area contributed by atoms with Gasteiger partial charge in [0.15, 0.2) is 0 Å². The van der Waals surface area contributed by atoms with Crippen molar-refractivity contribution in [2.75, 3.05) is 5.73 Å². The lowest BCUT2D eigenvalue weighted by molar-refractivity contribution is 0.00578. The van der Waals surface area contributed by atoms with E-state index in [1.54, 1.807) is 6.07 Å². The molecule has 2 rings (SSSR count). The highest BCUT2D eigenvalue weighted by atomic mass is 16.7. The summed E-state index contributed by atoms with van der Waals surface area (Å²) in [6.07, 6.45) is 0. The van der Waals surface area contributed by atoms with Crippen molar-refractivity contribution in [3.8, 4) is 0 Å². The van der Waals surface area contributed by atoms with Gasteiger partial charge in [-0.2, -0.15) is 0 Å². The summed E-state index contributed by atoms with van der Waals surface area (Å²) < 4.78 is 11.8. The van der Waals surface area contributed by atoms with Crippen LogP contribution < -0.4 is 11.3 Å². The van der Waals surface area contributed by atoms with Crippen LogP contribution in [0.1, 0.15) is 33.4 Å². The summed E-state index contributed by atoms with van der Waals surface area (Å²) in [5, 5.41) is 0. The van der Waals surface area contributed by atoms with E-state index < -0.39 is 7.12 Å². The van der Waals surface area contributed by atoms with Crippen molar-refractivity contribution >= 4 is 18.4 Å². The monoisotopic (exact) mass is 234 g/mol. The van der Waals surface area contributed by atoms with Crippen LogP contribution in [0.15, 0.2) is 12.1 Å². The highest BCUT2D eigenvalue weighted by molar-refractivity contribution is 6.61. The zero-order chi connectivity index (χ0) is 12.8. The maximum Gasteiger partial charge on any atom is 0.514 e. The first-order chi connectivity index (χ1) is 7.71. The number of nitrogens with zero attached hydrogens (tertiary/aromatic N) is 1. The number of aromatic nitrogens is 1. The molecule has 1 aromatic heterocycles. The lowest BCUT2D eigenvalue weighted by atomic mass is 9.84. The number of hydrogen-bond acceptors (Lipinski definition) is 4. The van der Waals surface area contributed by atoms with Gasteiger partial charge >= 0.3 is 7.12 Å². The standard InChI is InChI=1S/C12H19BN2O2/c1-8-6-9(14)7-10(15-8)13-16-11(2,3)12(4,5)17-13/h6-7H,1-5H3,(H2,14,15). The highest BCUT2D eigenvalue weighted by Crippen LogP contribution is 2.36. The summed E-state index contributed by atoms with van der Waals surface area (Å²) in [5.41, 5.74) is 7.40. The zero-order valence-electron chi connectivity index (χ0n) is 11.1. The largest absolute Gasteiger partial charge is 0.514 e. The van der Waals surface area contributed by atoms with Gasteiger partial charge in [-0.25, -0.2) is 0 Å². The molecular formula is C12H19BN2O2. The molecule has 0 atom stereocenters. The fourth-order valence-electron chi connectivity index (χ4n) is 1.81. The molecule has 1 aromatic rings. The van der Waals surface area contributed by atoms with E-state index in [2.05, 4.69) is 4.98 Å². The van der Waals surface area contributed by atoms with Crippen molar-refractivity contribution in [2.24, 2.45) is 0 Å². The SMILES string of the molecule is Cc1cc(N)cc(B2OC(C)(C)C(C)(C)O2)n1. The molecule has 0 aliphatic carbocycles. The molecule has 5 heteroatoms. The molecule has 0 unspecified atom stereocenters. The van der Waals surface area contributed by atoms with Crippen molar-refractivity contribution in [3.63, 3.8) is 0 Å². The predicted molar refractivity (Wildman–Crippen MR) is 69.1 cm³/mol. The van der Waals surface area contributed by atoms with Crippen LogP contribution in [0.5, 0.6) is 0 Å². The topological polar surface area (TPSA) is 57.4 Å². The van der Waals surface area contributed by atoms with E-state index in [0.29, 0.717) is 5.69 Å². The van der Waals surface area contributed by atoms with Crippen LogP contribution in [0, 0.1) is 6.92 Å². The molecule has 0 bridgehead atoms. The average Bonchev–Trinajstić information content (AvgIpc) is 2.34. The number of hydrogen-bond donors (Lipinski definition) is 1. The Morgan fingerprint density at radius 2 is 1.65 bits per heavy atom. The molecule has 1 fully saturated rings. The van der Waals surface area contributed by atoms with Crippen LogP contribution in [0.25, 0.3) is 0 Å². The van der Waals surface area contributed by atoms with Crippen molar-refractivity contribution in [2.45, 2.75) is 45.8 Å². The smallest absolute Gasteiger partial charge is 0.399 e. The van der Waals surface area contributed by atoms with Gasteiger partial charge in [0.05, 0.1) is 16.8 Å². The minimum absolute atomic E-state index is 0.349. The van der Waals surface area contributed by atoms with E-state index in [0.717, 1.165) is 11.3 Å². The van der Waals surface area contributed by atoms with E-state index in [4.69, 9.17) is 15.0 Å². The van der Waals surface area contributed by atoms with Gasteiger partial charge in [-0.3, -0.25) is 4.98 Å². The quantitative estimate of drug-likeness (QED) is 0.743. The number of nitrogen functional groups attached to an aromatic ring is 1. The summed E-state index contributed by atoms with van der Waals surface area (Å²) in [6, 6.07) is 3.63. The van der Waals surface area contributed by atoms with E-state index in [1.165, 1.54) is 0 Å². The second-order valence-corrected chi connectivity index (χ2v) is 5.55. The summed E-state index contributed by atoms with van der Waals surface area (Å²) >= 11 is 0. The van der Waals surface area contributed by atoms with Crippen molar-refractivity contribution in [1.82, 2.24) is 4.98 Å². The molecule has 0 aromatic carbocycles. The Bertz CT molecular complexity index is 410. The molecular weight excluding hydrogens is 215 g/mol. The Morgan fingerprint density at radius 1 is 1.12 bits per heavy atom. The minimum atomic E-state index is -0.442. The van der Waals surface area contributed by atoms with Crippen LogP contribution in [0.3, 0.4) is 0 Å². The van der Waals surface area contributed by atoms with E-state index >= 15 is 0 Å². The van der Waals surface area contributed by atoms with Gasteiger partial charge in [-0.05, 0) is 46.8 Å². The Kier molecular flexibility index (Phi) is 2.71. The van der Waals surface area contributed by atoms with Crippen molar-refractivity contribution in [3.05, 3.63) is 17.8 Å². The summed E-state index contributed by atoms with van der Waals surface area (Å²) in [6.45, 7) is 9.99. The third-order valence-electron chi connectivity index (χ3n) is 3.49. The second-order valence-electron chi connectivity index (χ2n) is 5.55. The average molecular weight is 234 g/mol. The second kappa shape index (κ2) is 3.72. The molecule has 1 aliphatic rings. The van der Waals surface area contributed by atoms with E-state index in [1.807, 2.05) is 40.7 Å². The molecule has 92 valence electrons. The lowest BCUT2D eigenvalue weighted by Gasteiger charge is -2.32. The van der Waals surface area contributed by atoms with Crippen molar-refractivity contribution in [1.29, 1.82) is 0 Å². The minimum Gasteiger partial charge on any atom is -0.399 e. The third kappa shape index (κ3) is 2.17. The number of anilines is 1. The summed E-state index contributed by atoms with van der Waals surface area (Å²) in [5.74, 6) is 0. The summed E-state index contributed by atoms with van der Waals surface area (Å²) in [7, 11) is -0.442. The molecule has 0 amide bonds. The Labute approximate surface area is 103 Å². The van der Waals surface area contributed by atoms with Gasteiger partial charge in [0.1, 0.15) is 0 Å². The van der Waals surface area contributed by atoms with Gasteiger partial charge in [0.2, 0.25) is 0 Å². The molecule has 4 nitrogen and oxygen atoms in total. The van der Waals surface area contributed by atoms with Gasteiger partial charge in [-0.1, -0.05) is 0 Å². The molecule has 1 aliphatic heterocycles. The highest BCUT2D eigenvalue weighted by Gasteiger charge is 2.52. The van der Waals surface area contributed by atoms with Gasteiger partial charge < -0.3 is 15.0 Å². The van der Waals surface area contributed by atoms with E-state index in [-0.39, 0.29) is 11.2 Å². The van der Waals surface area contributed by atoms with Gasteiger partial charge in [0.25, 0.3) is 0 Å². The number of pyridine rings is 1. The van der Waals surface area contributed by atoms with E-state index in [9.17, 15) is 0 Å². The number of rotatable bonds is 1. The fourth-order valence-corrected chi connectivity index (χ4v) is 1.81. The normalized spacial score (nSPS) is 21.8. The molecule has 17 heavy (non-hydrogen) atoms. The van der Waals surface area contributed by atoms with Gasteiger partial charge in [-0.15, -0.1) is 0 Å². The first kappa shape index (κ1) is 12.4. The number of nitrogens with two attached hydrogens (primary N) is 1. The molecule has 1 saturated heterocycles. The maximum atomic E-state index is 5.92. The van der Waals surface area contributed by atoms with Crippen LogP contribution in [-0.2, 0) is 9.31 Å². The van der Waals surface area contributed by atoms with Crippen molar-refractivity contribution < 1.29 is 9.31 Å². The number of aryl methyl sites for hydroxylation is 1. The first-order valence-corrected chi connectivity index (χ1v) is 5.81. The Morgan fingerprint density at radius 3 is 2.12 bits per heavy atom. The zero-order valence-corrected chi connectivity index (χ0v) is 11.1. The molecule has 0 spiro atoms. The van der Waals surface area contributed by atoms with Crippen LogP contribution in [-0.4, -0.2) is 23.3 Å². The Balaban J connectivity index is 2.32. The predicted octanol–water partition coefficient (Wildman–Crippen LogP) is 1.27. The van der Waals surface area contributed by atoms with Crippen LogP contribution in [0.2, 0.25) is 0 Å². The Hall–Kier alpha value is -1.07. The molecule has 0 saturated carbocycles. The van der Waals surface area contributed by atoms with Crippen LogP contribution in [0.4, 0.5) is 5.69 Å². The maximum absolute atomic E-state index is 5.92. The molecule has 2 heterocycles. The van der Waals surface area contributed by atoms with Gasteiger partial charge in [0, 0.05) is 11.4 Å². The first-order valence-electron chi connectivity index (χ1n) is 5.81. The molecule has 0 radical (unpaired) electrons. The van der Waals surface area contributed by atoms with Crippen LogP contribution >= 0.6 is 0 Å². The fraction of sp³-hybridized carbons (Fsp3) is 0.583. The lowest BCUT2D eigenvalue weighted by Crippen LogP contribution is -2.41. The summed E-state index contributed by atoms with van der Waals surface area (Å²) in [4.78, 5) is 4.42. The third-order valence-corrected chi connectivity index (χ3v) is 3.49. The molecule has 2 N–H and O–H groups in total.